The van der Waals surface area contributed by atoms with E-state index >= 15 is 0 Å². The van der Waals surface area contributed by atoms with Crippen molar-refractivity contribution < 1.29 is 28.2 Å². The minimum Gasteiger partial charge on any atom is -0.466 e. The third-order valence-corrected chi connectivity index (χ3v) is 4.65. The molecule has 8 nitrogen and oxygen atoms in total. The van der Waals surface area contributed by atoms with Crippen LogP contribution in [-0.2, 0) is 25.5 Å². The van der Waals surface area contributed by atoms with E-state index in [1.807, 2.05) is 6.07 Å². The Balaban J connectivity index is 1.66. The number of nitrogens with zero attached hydrogens (tertiary/aromatic N) is 2. The Morgan fingerprint density at radius 3 is 2.83 bits per heavy atom. The van der Waals surface area contributed by atoms with Gasteiger partial charge in [0.25, 0.3) is 0 Å². The molecule has 1 aliphatic heterocycles. The number of anilines is 1. The number of benzene rings is 1. The number of cyclic esters (lactones) is 1. The minimum atomic E-state index is -0.584. The molecule has 1 atom stereocenters. The van der Waals surface area contributed by atoms with Crippen molar-refractivity contribution in [2.45, 2.75) is 32.8 Å². The molecule has 1 aromatic carbocycles. The molecule has 3 rings (SSSR count). The van der Waals surface area contributed by atoms with Gasteiger partial charge < -0.3 is 19.4 Å². The molecule has 0 spiro atoms. The number of amides is 2. The highest BCUT2D eigenvalue weighted by molar-refractivity contribution is 5.90. The Morgan fingerprint density at radius 1 is 1.33 bits per heavy atom. The molecule has 1 fully saturated rings. The van der Waals surface area contributed by atoms with Crippen LogP contribution in [0.2, 0.25) is 0 Å². The molecule has 1 saturated heterocycles. The average molecular weight is 417 g/mol. The second-order valence-electron chi connectivity index (χ2n) is 6.92. The molecule has 0 aliphatic carbocycles. The zero-order valence-corrected chi connectivity index (χ0v) is 16.9. The number of nitrogens with one attached hydrogen (secondary N) is 1. The maximum Gasteiger partial charge on any atom is 0.414 e. The van der Waals surface area contributed by atoms with Crippen LogP contribution in [0, 0.1) is 5.82 Å². The molecule has 1 aromatic heterocycles. The smallest absolute Gasteiger partial charge is 0.414 e. The van der Waals surface area contributed by atoms with E-state index < -0.39 is 18.0 Å². The highest BCUT2D eigenvalue weighted by Gasteiger charge is 2.32. The first kappa shape index (κ1) is 21.4. The standard InChI is InChI=1S/C21H24FN3O5/c1-3-29-20(27)7-4-15-8-9-24(12-15)19-6-5-16(10-18(19)22)25-13-17(30-21(25)28)11-23-14(2)26/h5-6,8-10,12,17H,3-4,7,11,13H2,1-2H3,(H,23,26). The Bertz CT molecular complexity index is 942. The van der Waals surface area contributed by atoms with Crippen molar-refractivity contribution in [2.24, 2.45) is 0 Å². The van der Waals surface area contributed by atoms with E-state index in [4.69, 9.17) is 9.47 Å². The molecule has 2 aromatic rings. The highest BCUT2D eigenvalue weighted by Crippen LogP contribution is 2.26. The molecule has 1 N–H and O–H groups in total. The van der Waals surface area contributed by atoms with Crippen LogP contribution in [0.1, 0.15) is 25.8 Å². The van der Waals surface area contributed by atoms with E-state index in [9.17, 15) is 18.8 Å². The fourth-order valence-electron chi connectivity index (χ4n) is 3.19. The third kappa shape index (κ3) is 5.16. The molecule has 0 saturated carbocycles. The number of carbonyl (C=O) groups is 3. The van der Waals surface area contributed by atoms with Gasteiger partial charge in [0.1, 0.15) is 11.9 Å². The average Bonchev–Trinajstić information content (AvgIpc) is 3.31. The van der Waals surface area contributed by atoms with E-state index in [1.165, 1.54) is 17.9 Å². The molecular weight excluding hydrogens is 393 g/mol. The quantitative estimate of drug-likeness (QED) is 0.667. The Labute approximate surface area is 173 Å². The van der Waals surface area contributed by atoms with Crippen molar-refractivity contribution in [3.05, 3.63) is 48.0 Å². The maximum absolute atomic E-state index is 14.8. The Hall–Kier alpha value is -3.36. The van der Waals surface area contributed by atoms with Crippen molar-refractivity contribution >= 4 is 23.7 Å². The molecule has 2 heterocycles. The Kier molecular flexibility index (Phi) is 6.71. The molecule has 2 amide bonds. The number of carbonyl (C=O) groups excluding carboxylic acids is 3. The molecule has 1 aliphatic rings. The summed E-state index contributed by atoms with van der Waals surface area (Å²) in [6, 6.07) is 6.31. The summed E-state index contributed by atoms with van der Waals surface area (Å²) >= 11 is 0. The molecular formula is C21H24FN3O5. The van der Waals surface area contributed by atoms with Crippen molar-refractivity contribution in [2.75, 3.05) is 24.6 Å². The number of rotatable bonds is 8. The fraction of sp³-hybridized carbons (Fsp3) is 0.381. The summed E-state index contributed by atoms with van der Waals surface area (Å²) in [6.07, 6.45) is 3.16. The zero-order valence-electron chi connectivity index (χ0n) is 16.9. The first-order chi connectivity index (χ1) is 14.4. The van der Waals surface area contributed by atoms with Crippen molar-refractivity contribution in [3.63, 3.8) is 0 Å². The van der Waals surface area contributed by atoms with Gasteiger partial charge in [0.15, 0.2) is 0 Å². The second-order valence-corrected chi connectivity index (χ2v) is 6.92. The highest BCUT2D eigenvalue weighted by atomic mass is 19.1. The van der Waals surface area contributed by atoms with Gasteiger partial charge in [0.05, 0.1) is 31.1 Å². The van der Waals surface area contributed by atoms with Crippen LogP contribution < -0.4 is 10.2 Å². The largest absolute Gasteiger partial charge is 0.466 e. The summed E-state index contributed by atoms with van der Waals surface area (Å²) in [7, 11) is 0. The second kappa shape index (κ2) is 9.43. The summed E-state index contributed by atoms with van der Waals surface area (Å²) < 4.78 is 26.5. The lowest BCUT2D eigenvalue weighted by Crippen LogP contribution is -2.33. The van der Waals surface area contributed by atoms with E-state index in [-0.39, 0.29) is 31.4 Å². The van der Waals surface area contributed by atoms with Gasteiger partial charge in [-0.05, 0) is 43.2 Å². The normalized spacial score (nSPS) is 15.8. The summed E-state index contributed by atoms with van der Waals surface area (Å²) in [5.41, 5.74) is 1.58. The van der Waals surface area contributed by atoms with E-state index in [1.54, 1.807) is 36.0 Å². The van der Waals surface area contributed by atoms with Gasteiger partial charge in [-0.1, -0.05) is 0 Å². The predicted molar refractivity (Wildman–Crippen MR) is 107 cm³/mol. The topological polar surface area (TPSA) is 89.9 Å². The molecule has 1 unspecified atom stereocenters. The molecule has 0 bridgehead atoms. The molecule has 9 heteroatoms. The molecule has 30 heavy (non-hydrogen) atoms. The van der Waals surface area contributed by atoms with Crippen molar-refractivity contribution in [1.82, 2.24) is 9.88 Å². The van der Waals surface area contributed by atoms with Crippen molar-refractivity contribution in [1.29, 1.82) is 0 Å². The maximum atomic E-state index is 14.8. The first-order valence-corrected chi connectivity index (χ1v) is 9.72. The monoisotopic (exact) mass is 417 g/mol. The SMILES string of the molecule is CCOC(=O)CCc1ccn(-c2ccc(N3CC(CNC(C)=O)OC3=O)cc2F)c1. The van der Waals surface area contributed by atoms with E-state index in [0.29, 0.717) is 24.4 Å². The summed E-state index contributed by atoms with van der Waals surface area (Å²) in [6.45, 7) is 3.91. The van der Waals surface area contributed by atoms with E-state index in [0.717, 1.165) is 5.56 Å². The van der Waals surface area contributed by atoms with Gasteiger partial charge >= 0.3 is 12.1 Å². The fourth-order valence-corrected chi connectivity index (χ4v) is 3.19. The summed E-state index contributed by atoms with van der Waals surface area (Å²) in [5.74, 6) is -0.985. The van der Waals surface area contributed by atoms with Gasteiger partial charge in [-0.25, -0.2) is 9.18 Å². The minimum absolute atomic E-state index is 0.204. The van der Waals surface area contributed by atoms with Crippen LogP contribution >= 0.6 is 0 Å². The van der Waals surface area contributed by atoms with Crippen molar-refractivity contribution in [3.8, 4) is 5.69 Å². The van der Waals surface area contributed by atoms with Crippen LogP contribution in [0.5, 0.6) is 0 Å². The number of halogens is 1. The summed E-state index contributed by atoms with van der Waals surface area (Å²) in [5, 5.41) is 2.60. The lowest BCUT2D eigenvalue weighted by atomic mass is 10.2. The van der Waals surface area contributed by atoms with Gasteiger partial charge in [0, 0.05) is 25.7 Å². The number of ether oxygens (including phenoxy) is 2. The first-order valence-electron chi connectivity index (χ1n) is 9.72. The van der Waals surface area contributed by atoms with Gasteiger partial charge in [-0.15, -0.1) is 0 Å². The lowest BCUT2D eigenvalue weighted by molar-refractivity contribution is -0.143. The van der Waals surface area contributed by atoms with Crippen LogP contribution in [0.15, 0.2) is 36.7 Å². The van der Waals surface area contributed by atoms with Crippen LogP contribution in [0.3, 0.4) is 0 Å². The Morgan fingerprint density at radius 2 is 2.13 bits per heavy atom. The number of aromatic nitrogens is 1. The predicted octanol–water partition coefficient (Wildman–Crippen LogP) is 2.57. The molecule has 0 radical (unpaired) electrons. The van der Waals surface area contributed by atoms with Crippen LogP contribution in [0.25, 0.3) is 5.69 Å². The number of hydrogen-bond acceptors (Lipinski definition) is 5. The van der Waals surface area contributed by atoms with Gasteiger partial charge in [-0.3, -0.25) is 14.5 Å². The van der Waals surface area contributed by atoms with Gasteiger partial charge in [-0.2, -0.15) is 0 Å². The number of esters is 1. The van der Waals surface area contributed by atoms with E-state index in [2.05, 4.69) is 5.32 Å². The number of hydrogen-bond donors (Lipinski definition) is 1. The molecule has 160 valence electrons. The lowest BCUT2D eigenvalue weighted by Gasteiger charge is -2.15. The third-order valence-electron chi connectivity index (χ3n) is 4.65. The zero-order chi connectivity index (χ0) is 21.7. The summed E-state index contributed by atoms with van der Waals surface area (Å²) in [4.78, 5) is 35.9. The van der Waals surface area contributed by atoms with Crippen LogP contribution in [-0.4, -0.2) is 48.3 Å². The number of aryl methyl sites for hydroxylation is 1. The van der Waals surface area contributed by atoms with Gasteiger partial charge in [0.2, 0.25) is 5.91 Å². The van der Waals surface area contributed by atoms with Crippen LogP contribution in [0.4, 0.5) is 14.9 Å².